The molecule has 0 radical (unpaired) electrons. The second kappa shape index (κ2) is 12.4. The Kier molecular flexibility index (Phi) is 9.78. The fourth-order valence-electron chi connectivity index (χ4n) is 2.31. The van der Waals surface area contributed by atoms with E-state index >= 15 is 0 Å². The van der Waals surface area contributed by atoms with Gasteiger partial charge in [0.2, 0.25) is 0 Å². The maximum atomic E-state index is 5.69. The number of aromatic nitrogens is 3. The molecule has 8 heteroatoms. The highest BCUT2D eigenvalue weighted by molar-refractivity contribution is 5.60. The molecular weight excluding hydrogens is 346 g/mol. The van der Waals surface area contributed by atoms with Crippen LogP contribution in [0.15, 0.2) is 30.5 Å². The molecule has 2 aromatic rings. The molecule has 1 heterocycles. The molecule has 2 rings (SSSR count). The summed E-state index contributed by atoms with van der Waals surface area (Å²) in [5.74, 6) is 0. The van der Waals surface area contributed by atoms with Crippen molar-refractivity contribution < 1.29 is 14.2 Å². The van der Waals surface area contributed by atoms with Crippen LogP contribution in [-0.2, 0) is 20.8 Å². The fraction of sp³-hybridized carbons (Fsp3) is 0.579. The van der Waals surface area contributed by atoms with E-state index in [1.165, 1.54) is 0 Å². The topological polar surface area (TPSA) is 96.5 Å². The van der Waals surface area contributed by atoms with Gasteiger partial charge in [0.15, 0.2) is 0 Å². The van der Waals surface area contributed by atoms with Crippen LogP contribution in [-0.4, -0.2) is 67.2 Å². The summed E-state index contributed by atoms with van der Waals surface area (Å²) in [7, 11) is 0. The predicted molar refractivity (Wildman–Crippen MR) is 105 cm³/mol. The van der Waals surface area contributed by atoms with Crippen molar-refractivity contribution in [1.29, 1.82) is 0 Å². The third kappa shape index (κ3) is 8.96. The quantitative estimate of drug-likeness (QED) is 0.381. The normalized spacial score (nSPS) is 11.4. The van der Waals surface area contributed by atoms with E-state index in [-0.39, 0.29) is 0 Å². The molecule has 0 amide bonds. The van der Waals surface area contributed by atoms with Crippen molar-refractivity contribution in [3.05, 3.63) is 30.5 Å². The summed E-state index contributed by atoms with van der Waals surface area (Å²) < 4.78 is 18.3. The summed E-state index contributed by atoms with van der Waals surface area (Å²) in [4.78, 5) is 0. The van der Waals surface area contributed by atoms with E-state index in [4.69, 9.17) is 19.9 Å². The molecule has 0 unspecified atom stereocenters. The number of nitrogens with zero attached hydrogens (tertiary/aromatic N) is 3. The molecule has 0 fully saturated rings. The van der Waals surface area contributed by atoms with Gasteiger partial charge in [0.05, 0.1) is 52.4 Å². The molecule has 150 valence electrons. The van der Waals surface area contributed by atoms with Gasteiger partial charge in [0, 0.05) is 23.8 Å². The van der Waals surface area contributed by atoms with Crippen molar-refractivity contribution in [2.75, 3.05) is 51.9 Å². The van der Waals surface area contributed by atoms with Gasteiger partial charge in [-0.3, -0.25) is 0 Å². The van der Waals surface area contributed by atoms with Gasteiger partial charge in [-0.15, -0.1) is 5.10 Å². The molecule has 0 saturated heterocycles. The lowest BCUT2D eigenvalue weighted by atomic mass is 10.1. The molecule has 27 heavy (non-hydrogen) atoms. The standard InChI is InChI=1S/C19H31N5O3/c1-16(2)21-7-9-25-11-13-27-14-12-26-10-8-24-15-19(22-23-24)17-3-5-18(20)6-4-17/h3-6,15-16,21H,7-14,20H2,1-2H3. The molecule has 1 aromatic heterocycles. The molecule has 3 N–H and O–H groups in total. The summed E-state index contributed by atoms with van der Waals surface area (Å²) in [5.41, 5.74) is 8.24. The SMILES string of the molecule is CC(C)NCCOCCOCCOCCn1cc(-c2ccc(N)cc2)nn1. The number of hydrogen-bond acceptors (Lipinski definition) is 7. The Morgan fingerprint density at radius 2 is 1.59 bits per heavy atom. The van der Waals surface area contributed by atoms with Crippen LogP contribution in [0.3, 0.4) is 0 Å². The zero-order chi connectivity index (χ0) is 19.3. The van der Waals surface area contributed by atoms with Crippen LogP contribution in [0.2, 0.25) is 0 Å². The maximum absolute atomic E-state index is 5.69. The average molecular weight is 377 g/mol. The molecular formula is C19H31N5O3. The molecule has 0 spiro atoms. The van der Waals surface area contributed by atoms with Gasteiger partial charge < -0.3 is 25.3 Å². The minimum absolute atomic E-state index is 0.490. The lowest BCUT2D eigenvalue weighted by Gasteiger charge is -2.09. The van der Waals surface area contributed by atoms with Crippen LogP contribution in [0.25, 0.3) is 11.3 Å². The summed E-state index contributed by atoms with van der Waals surface area (Å²) in [5, 5.41) is 11.6. The minimum Gasteiger partial charge on any atom is -0.399 e. The summed E-state index contributed by atoms with van der Waals surface area (Å²) in [6.45, 7) is 9.30. The molecule has 0 aliphatic heterocycles. The third-order valence-corrected chi connectivity index (χ3v) is 3.75. The number of rotatable bonds is 14. The molecule has 0 atom stereocenters. The van der Waals surface area contributed by atoms with Gasteiger partial charge in [0.25, 0.3) is 0 Å². The molecule has 0 saturated carbocycles. The predicted octanol–water partition coefficient (Wildman–Crippen LogP) is 1.58. The van der Waals surface area contributed by atoms with Crippen LogP contribution < -0.4 is 11.1 Å². The van der Waals surface area contributed by atoms with Crippen LogP contribution in [0.5, 0.6) is 0 Å². The van der Waals surface area contributed by atoms with Crippen molar-refractivity contribution >= 4 is 5.69 Å². The summed E-state index contributed by atoms with van der Waals surface area (Å²) in [6.07, 6.45) is 1.90. The Labute approximate surface area is 161 Å². The van der Waals surface area contributed by atoms with Crippen molar-refractivity contribution in [2.45, 2.75) is 26.4 Å². The molecule has 8 nitrogen and oxygen atoms in total. The monoisotopic (exact) mass is 377 g/mol. The second-order valence-electron chi connectivity index (χ2n) is 6.43. The van der Waals surface area contributed by atoms with Gasteiger partial charge in [0.1, 0.15) is 5.69 Å². The Morgan fingerprint density at radius 3 is 2.26 bits per heavy atom. The van der Waals surface area contributed by atoms with Gasteiger partial charge in [-0.1, -0.05) is 31.2 Å². The first-order valence-corrected chi connectivity index (χ1v) is 9.38. The van der Waals surface area contributed by atoms with E-state index in [1.54, 1.807) is 4.68 Å². The first-order valence-electron chi connectivity index (χ1n) is 9.38. The largest absolute Gasteiger partial charge is 0.399 e. The van der Waals surface area contributed by atoms with Crippen molar-refractivity contribution in [3.8, 4) is 11.3 Å². The Morgan fingerprint density at radius 1 is 0.963 bits per heavy atom. The Hall–Kier alpha value is -2.00. The van der Waals surface area contributed by atoms with Crippen LogP contribution >= 0.6 is 0 Å². The lowest BCUT2D eigenvalue weighted by molar-refractivity contribution is 0.0131. The van der Waals surface area contributed by atoms with Crippen LogP contribution in [0.4, 0.5) is 5.69 Å². The van der Waals surface area contributed by atoms with Gasteiger partial charge in [-0.25, -0.2) is 4.68 Å². The number of ether oxygens (including phenoxy) is 3. The van der Waals surface area contributed by atoms with E-state index in [0.29, 0.717) is 52.2 Å². The van der Waals surface area contributed by atoms with Crippen molar-refractivity contribution in [2.24, 2.45) is 0 Å². The average Bonchev–Trinajstić information content (AvgIpc) is 3.12. The number of nitrogens with one attached hydrogen (secondary N) is 1. The fourth-order valence-corrected chi connectivity index (χ4v) is 2.31. The highest BCUT2D eigenvalue weighted by Gasteiger charge is 2.03. The molecule has 1 aromatic carbocycles. The minimum atomic E-state index is 0.490. The maximum Gasteiger partial charge on any atom is 0.113 e. The van der Waals surface area contributed by atoms with E-state index in [0.717, 1.165) is 23.5 Å². The van der Waals surface area contributed by atoms with Crippen molar-refractivity contribution in [3.63, 3.8) is 0 Å². The first-order chi connectivity index (χ1) is 13.1. The van der Waals surface area contributed by atoms with E-state index in [9.17, 15) is 0 Å². The second-order valence-corrected chi connectivity index (χ2v) is 6.43. The van der Waals surface area contributed by atoms with Crippen molar-refractivity contribution in [1.82, 2.24) is 20.3 Å². The van der Waals surface area contributed by atoms with E-state index < -0.39 is 0 Å². The Bertz CT molecular complexity index is 631. The molecule has 0 aliphatic carbocycles. The number of nitrogens with two attached hydrogens (primary N) is 1. The van der Waals surface area contributed by atoms with Gasteiger partial charge in [-0.05, 0) is 12.1 Å². The number of hydrogen-bond donors (Lipinski definition) is 2. The Balaban J connectivity index is 1.46. The van der Waals surface area contributed by atoms with E-state index in [2.05, 4.69) is 29.5 Å². The number of anilines is 1. The number of nitrogen functional groups attached to an aromatic ring is 1. The summed E-state index contributed by atoms with van der Waals surface area (Å²) in [6, 6.07) is 8.06. The van der Waals surface area contributed by atoms with Crippen LogP contribution in [0, 0.1) is 0 Å². The number of benzene rings is 1. The highest BCUT2D eigenvalue weighted by atomic mass is 16.5. The zero-order valence-corrected chi connectivity index (χ0v) is 16.3. The van der Waals surface area contributed by atoms with E-state index in [1.807, 2.05) is 30.5 Å². The molecule has 0 aliphatic rings. The lowest BCUT2D eigenvalue weighted by Crippen LogP contribution is -2.27. The third-order valence-electron chi connectivity index (χ3n) is 3.75. The van der Waals surface area contributed by atoms with Crippen LogP contribution in [0.1, 0.15) is 13.8 Å². The first kappa shape index (κ1) is 21.3. The zero-order valence-electron chi connectivity index (χ0n) is 16.3. The smallest absolute Gasteiger partial charge is 0.113 e. The van der Waals surface area contributed by atoms with Gasteiger partial charge in [-0.2, -0.15) is 0 Å². The van der Waals surface area contributed by atoms with Gasteiger partial charge >= 0.3 is 0 Å². The molecule has 0 bridgehead atoms. The highest BCUT2D eigenvalue weighted by Crippen LogP contribution is 2.17. The summed E-state index contributed by atoms with van der Waals surface area (Å²) >= 11 is 0.